The van der Waals surface area contributed by atoms with Gasteiger partial charge in [-0.05, 0) is 37.1 Å². The van der Waals surface area contributed by atoms with Gasteiger partial charge in [0.2, 0.25) is 11.8 Å². The third kappa shape index (κ3) is 7.64. The Hall–Kier alpha value is -2.08. The summed E-state index contributed by atoms with van der Waals surface area (Å²) in [7, 11) is 1.56. The van der Waals surface area contributed by atoms with E-state index in [2.05, 4.69) is 16.7 Å². The Labute approximate surface area is 131 Å². The number of carbonyl (C=O) groups excluding carboxylic acids is 2. The van der Waals surface area contributed by atoms with Crippen LogP contribution in [0.1, 0.15) is 17.5 Å². The molecule has 0 unspecified atom stereocenters. The van der Waals surface area contributed by atoms with E-state index in [-0.39, 0.29) is 31.4 Å². The van der Waals surface area contributed by atoms with Crippen molar-refractivity contribution in [2.75, 3.05) is 33.4 Å². The van der Waals surface area contributed by atoms with Gasteiger partial charge in [-0.3, -0.25) is 9.59 Å². The normalized spacial score (nSPS) is 10.1. The van der Waals surface area contributed by atoms with Crippen molar-refractivity contribution in [3.05, 3.63) is 29.3 Å². The molecule has 0 aliphatic carbocycles. The van der Waals surface area contributed by atoms with Gasteiger partial charge in [-0.15, -0.1) is 0 Å². The third-order valence-electron chi connectivity index (χ3n) is 2.87. The van der Waals surface area contributed by atoms with E-state index in [0.717, 1.165) is 16.9 Å². The van der Waals surface area contributed by atoms with Crippen LogP contribution >= 0.6 is 0 Å². The summed E-state index contributed by atoms with van der Waals surface area (Å²) < 4.78 is 10.4. The number of hydrogen-bond acceptors (Lipinski definition) is 4. The number of nitrogens with one attached hydrogen (secondary N) is 2. The fourth-order valence-electron chi connectivity index (χ4n) is 1.90. The summed E-state index contributed by atoms with van der Waals surface area (Å²) in [5, 5.41) is 5.17. The minimum atomic E-state index is -0.236. The van der Waals surface area contributed by atoms with Crippen LogP contribution in [0.15, 0.2) is 18.2 Å². The number of ether oxygens (including phenoxy) is 2. The summed E-state index contributed by atoms with van der Waals surface area (Å²) in [6.07, 6.45) is 0.207. The van der Waals surface area contributed by atoms with Gasteiger partial charge >= 0.3 is 0 Å². The summed E-state index contributed by atoms with van der Waals surface area (Å²) in [6, 6.07) is 5.91. The highest BCUT2D eigenvalue weighted by molar-refractivity contribution is 5.84. The minimum absolute atomic E-state index is 0.0356. The first-order valence-corrected chi connectivity index (χ1v) is 7.24. The molecule has 0 atom stereocenters. The Kier molecular flexibility index (Phi) is 7.99. The molecule has 0 bridgehead atoms. The molecule has 1 aromatic rings. The molecule has 0 aromatic heterocycles. The highest BCUT2D eigenvalue weighted by atomic mass is 16.5. The maximum atomic E-state index is 11.6. The van der Waals surface area contributed by atoms with Gasteiger partial charge in [0.25, 0.3) is 0 Å². The fraction of sp³-hybridized carbons (Fsp3) is 0.500. The second-order valence-electron chi connectivity index (χ2n) is 5.04. The van der Waals surface area contributed by atoms with Crippen LogP contribution < -0.4 is 15.4 Å². The van der Waals surface area contributed by atoms with Crippen LogP contribution in [0.5, 0.6) is 5.75 Å². The second kappa shape index (κ2) is 9.78. The van der Waals surface area contributed by atoms with E-state index < -0.39 is 0 Å². The molecule has 0 aliphatic rings. The van der Waals surface area contributed by atoms with E-state index >= 15 is 0 Å². The van der Waals surface area contributed by atoms with Crippen LogP contribution in [0.3, 0.4) is 0 Å². The summed E-state index contributed by atoms with van der Waals surface area (Å²) >= 11 is 0. The molecule has 1 aromatic carbocycles. The zero-order valence-corrected chi connectivity index (χ0v) is 13.4. The van der Waals surface area contributed by atoms with Gasteiger partial charge in [0.05, 0.1) is 26.2 Å². The van der Waals surface area contributed by atoms with Crippen molar-refractivity contribution in [1.82, 2.24) is 10.6 Å². The smallest absolute Gasteiger partial charge is 0.239 e. The van der Waals surface area contributed by atoms with Crippen LogP contribution in [0.2, 0.25) is 0 Å². The van der Waals surface area contributed by atoms with Crippen molar-refractivity contribution in [3.8, 4) is 5.75 Å². The van der Waals surface area contributed by atoms with Gasteiger partial charge in [0.15, 0.2) is 0 Å². The SMILES string of the molecule is COCCNC(=O)CNC(=O)CCOc1cc(C)cc(C)c1. The molecule has 0 aliphatic heterocycles. The van der Waals surface area contributed by atoms with Crippen LogP contribution in [-0.2, 0) is 14.3 Å². The van der Waals surface area contributed by atoms with Gasteiger partial charge in [-0.2, -0.15) is 0 Å². The topological polar surface area (TPSA) is 76.7 Å². The average molecular weight is 308 g/mol. The Morgan fingerprint density at radius 3 is 2.32 bits per heavy atom. The highest BCUT2D eigenvalue weighted by Crippen LogP contribution is 2.16. The van der Waals surface area contributed by atoms with E-state index in [9.17, 15) is 9.59 Å². The van der Waals surface area contributed by atoms with Crippen molar-refractivity contribution in [1.29, 1.82) is 0 Å². The monoisotopic (exact) mass is 308 g/mol. The third-order valence-corrected chi connectivity index (χ3v) is 2.87. The number of aryl methyl sites for hydroxylation is 2. The van der Waals surface area contributed by atoms with Gasteiger partial charge < -0.3 is 20.1 Å². The van der Waals surface area contributed by atoms with E-state index in [4.69, 9.17) is 9.47 Å². The molecule has 2 amide bonds. The number of methoxy groups -OCH3 is 1. The molecule has 6 nitrogen and oxygen atoms in total. The molecule has 6 heteroatoms. The molecule has 0 fully saturated rings. The number of benzene rings is 1. The molecule has 122 valence electrons. The quantitative estimate of drug-likeness (QED) is 0.666. The number of amides is 2. The molecule has 2 N–H and O–H groups in total. The molecule has 0 radical (unpaired) electrons. The largest absolute Gasteiger partial charge is 0.493 e. The molecule has 0 heterocycles. The second-order valence-corrected chi connectivity index (χ2v) is 5.04. The predicted octanol–water partition coefficient (Wildman–Crippen LogP) is 0.951. The molecule has 22 heavy (non-hydrogen) atoms. The summed E-state index contributed by atoms with van der Waals surface area (Å²) in [5.74, 6) is 0.300. The predicted molar refractivity (Wildman–Crippen MR) is 83.9 cm³/mol. The number of rotatable bonds is 9. The Bertz CT molecular complexity index is 483. The lowest BCUT2D eigenvalue weighted by Crippen LogP contribution is -2.38. The van der Waals surface area contributed by atoms with Crippen LogP contribution in [0.4, 0.5) is 0 Å². The summed E-state index contributed by atoms with van der Waals surface area (Å²) in [5.41, 5.74) is 2.24. The Balaban J connectivity index is 2.19. The molecule has 0 saturated heterocycles. The number of carbonyl (C=O) groups is 2. The first kappa shape index (κ1) is 18.0. The zero-order valence-electron chi connectivity index (χ0n) is 13.4. The maximum Gasteiger partial charge on any atom is 0.239 e. The Morgan fingerprint density at radius 1 is 1.00 bits per heavy atom. The standard InChI is InChI=1S/C16H24N2O4/c1-12-8-13(2)10-14(9-12)22-6-4-15(19)18-11-16(20)17-5-7-21-3/h8-10H,4-7,11H2,1-3H3,(H,17,20)(H,18,19). The van der Waals surface area contributed by atoms with Crippen LogP contribution in [0.25, 0.3) is 0 Å². The lowest BCUT2D eigenvalue weighted by molar-refractivity contribution is -0.126. The van der Waals surface area contributed by atoms with Crippen LogP contribution in [0, 0.1) is 13.8 Å². The van der Waals surface area contributed by atoms with E-state index in [1.54, 1.807) is 7.11 Å². The highest BCUT2D eigenvalue weighted by Gasteiger charge is 2.05. The van der Waals surface area contributed by atoms with Gasteiger partial charge in [0.1, 0.15) is 5.75 Å². The lowest BCUT2D eigenvalue weighted by Gasteiger charge is -2.09. The molecule has 0 saturated carbocycles. The summed E-state index contributed by atoms with van der Waals surface area (Å²) in [4.78, 5) is 23.0. The first-order chi connectivity index (χ1) is 10.5. The van der Waals surface area contributed by atoms with E-state index in [1.165, 1.54) is 0 Å². The van der Waals surface area contributed by atoms with E-state index in [1.807, 2.05) is 26.0 Å². The van der Waals surface area contributed by atoms with Crippen molar-refractivity contribution in [3.63, 3.8) is 0 Å². The first-order valence-electron chi connectivity index (χ1n) is 7.24. The maximum absolute atomic E-state index is 11.6. The molecular formula is C16H24N2O4. The lowest BCUT2D eigenvalue weighted by atomic mass is 10.1. The number of hydrogen-bond donors (Lipinski definition) is 2. The van der Waals surface area contributed by atoms with Crippen molar-refractivity contribution in [2.45, 2.75) is 20.3 Å². The van der Waals surface area contributed by atoms with Crippen molar-refractivity contribution < 1.29 is 19.1 Å². The van der Waals surface area contributed by atoms with Gasteiger partial charge in [-0.25, -0.2) is 0 Å². The minimum Gasteiger partial charge on any atom is -0.493 e. The molecule has 0 spiro atoms. The molecular weight excluding hydrogens is 284 g/mol. The van der Waals surface area contributed by atoms with Gasteiger partial charge in [-0.1, -0.05) is 6.07 Å². The average Bonchev–Trinajstić information content (AvgIpc) is 2.44. The molecule has 1 rings (SSSR count). The summed E-state index contributed by atoms with van der Waals surface area (Å²) in [6.45, 7) is 5.11. The van der Waals surface area contributed by atoms with Gasteiger partial charge in [0, 0.05) is 13.7 Å². The fourth-order valence-corrected chi connectivity index (χ4v) is 1.90. The van der Waals surface area contributed by atoms with Crippen molar-refractivity contribution in [2.24, 2.45) is 0 Å². The zero-order chi connectivity index (χ0) is 16.4. The van der Waals surface area contributed by atoms with Crippen molar-refractivity contribution >= 4 is 11.8 Å². The van der Waals surface area contributed by atoms with E-state index in [0.29, 0.717) is 13.2 Å². The Morgan fingerprint density at radius 2 is 1.68 bits per heavy atom. The van der Waals surface area contributed by atoms with Crippen LogP contribution in [-0.4, -0.2) is 45.2 Å².